The molecule has 8 heteroatoms. The number of hydrogen-bond acceptors (Lipinski definition) is 5. The molecule has 23 heavy (non-hydrogen) atoms. The Kier molecular flexibility index (Phi) is 7.64. The fourth-order valence-electron chi connectivity index (χ4n) is 2.02. The van der Waals surface area contributed by atoms with E-state index in [4.69, 9.17) is 21.1 Å². The molecule has 2 rings (SSSR count). The van der Waals surface area contributed by atoms with E-state index in [1.807, 2.05) is 11.0 Å². The Morgan fingerprint density at radius 2 is 2.26 bits per heavy atom. The Morgan fingerprint density at radius 3 is 3.00 bits per heavy atom. The molecule has 1 aliphatic rings. The number of methoxy groups -OCH3 is 1. The molecule has 1 amide bonds. The van der Waals surface area contributed by atoms with Gasteiger partial charge in [0.25, 0.3) is 0 Å². The minimum atomic E-state index is -0.536. The van der Waals surface area contributed by atoms with Crippen molar-refractivity contribution >= 4 is 34.6 Å². The van der Waals surface area contributed by atoms with Gasteiger partial charge in [0.2, 0.25) is 0 Å². The smallest absolute Gasteiger partial charge is 0.436 e. The second-order valence-electron chi connectivity index (χ2n) is 4.97. The van der Waals surface area contributed by atoms with Crippen LogP contribution in [0.2, 0.25) is 5.15 Å². The molecule has 0 unspecified atom stereocenters. The van der Waals surface area contributed by atoms with Gasteiger partial charge in [0.1, 0.15) is 5.15 Å². The van der Waals surface area contributed by atoms with Gasteiger partial charge in [-0.15, -0.1) is 0 Å². The van der Waals surface area contributed by atoms with Crippen molar-refractivity contribution < 1.29 is 14.3 Å². The molecule has 1 saturated heterocycles. The van der Waals surface area contributed by atoms with Crippen LogP contribution in [-0.2, 0) is 16.0 Å². The van der Waals surface area contributed by atoms with E-state index < -0.39 is 6.09 Å². The van der Waals surface area contributed by atoms with Gasteiger partial charge in [-0.1, -0.05) is 29.4 Å². The monoisotopic (exact) mass is 357 g/mol. The number of amidine groups is 1. The van der Waals surface area contributed by atoms with Crippen molar-refractivity contribution in [2.45, 2.75) is 19.4 Å². The first-order valence-electron chi connectivity index (χ1n) is 7.41. The summed E-state index contributed by atoms with van der Waals surface area (Å²) in [6, 6.07) is 3.68. The number of aromatic nitrogens is 1. The fraction of sp³-hybridized carbons (Fsp3) is 0.533. The van der Waals surface area contributed by atoms with Crippen LogP contribution in [0, 0.1) is 0 Å². The third kappa shape index (κ3) is 6.37. The molecular formula is C15H20ClN3O3S. The minimum absolute atomic E-state index is 0.366. The van der Waals surface area contributed by atoms with E-state index in [-0.39, 0.29) is 0 Å². The summed E-state index contributed by atoms with van der Waals surface area (Å²) >= 11 is 7.34. The lowest BCUT2D eigenvalue weighted by molar-refractivity contribution is 0.144. The van der Waals surface area contributed by atoms with Crippen LogP contribution in [0.15, 0.2) is 23.3 Å². The number of amides is 1. The van der Waals surface area contributed by atoms with Crippen LogP contribution < -0.4 is 0 Å². The van der Waals surface area contributed by atoms with Gasteiger partial charge >= 0.3 is 6.09 Å². The normalized spacial score (nSPS) is 16.1. The van der Waals surface area contributed by atoms with E-state index in [9.17, 15) is 4.79 Å². The lowest BCUT2D eigenvalue weighted by atomic mass is 10.3. The first-order valence-corrected chi connectivity index (χ1v) is 8.78. The molecule has 1 aliphatic heterocycles. The van der Waals surface area contributed by atoms with Crippen molar-refractivity contribution in [2.24, 2.45) is 4.99 Å². The molecule has 1 aromatic rings. The fourth-order valence-corrected chi connectivity index (χ4v) is 3.11. The third-order valence-electron chi connectivity index (χ3n) is 3.18. The van der Waals surface area contributed by atoms with Crippen molar-refractivity contribution in [3.63, 3.8) is 0 Å². The summed E-state index contributed by atoms with van der Waals surface area (Å²) in [5, 5.41) is 1.16. The van der Waals surface area contributed by atoms with Crippen LogP contribution in [0.4, 0.5) is 4.79 Å². The SMILES string of the molecule is COCCCCOC(=O)/N=C1\SCCN1Cc1ccc(Cl)nc1. The van der Waals surface area contributed by atoms with E-state index in [0.717, 1.165) is 30.7 Å². The Morgan fingerprint density at radius 1 is 1.43 bits per heavy atom. The maximum atomic E-state index is 11.8. The number of carbonyl (C=O) groups excluding carboxylic acids is 1. The van der Waals surface area contributed by atoms with Crippen LogP contribution >= 0.6 is 23.4 Å². The first kappa shape index (κ1) is 18.0. The van der Waals surface area contributed by atoms with Gasteiger partial charge < -0.3 is 14.4 Å². The summed E-state index contributed by atoms with van der Waals surface area (Å²) in [6.45, 7) is 2.53. The number of halogens is 1. The maximum Gasteiger partial charge on any atom is 0.436 e. The predicted molar refractivity (Wildman–Crippen MR) is 92.0 cm³/mol. The number of nitrogens with zero attached hydrogens (tertiary/aromatic N) is 3. The standard InChI is InChI=1S/C15H20ClN3O3S/c1-21-7-2-3-8-22-15(20)18-14-19(6-9-23-14)11-12-4-5-13(16)17-10-12/h4-5,10H,2-3,6-9,11H2,1H3/b18-14-. The van der Waals surface area contributed by atoms with Gasteiger partial charge in [0, 0.05) is 38.8 Å². The molecule has 6 nitrogen and oxygen atoms in total. The van der Waals surface area contributed by atoms with E-state index in [0.29, 0.717) is 30.1 Å². The zero-order chi connectivity index (χ0) is 16.5. The zero-order valence-corrected chi connectivity index (χ0v) is 14.6. The van der Waals surface area contributed by atoms with Crippen molar-refractivity contribution in [3.05, 3.63) is 29.0 Å². The number of aliphatic imine (C=N–C) groups is 1. The van der Waals surface area contributed by atoms with Crippen molar-refractivity contribution in [2.75, 3.05) is 32.6 Å². The second kappa shape index (κ2) is 9.75. The highest BCUT2D eigenvalue weighted by Gasteiger charge is 2.21. The van der Waals surface area contributed by atoms with Crippen LogP contribution in [-0.4, -0.2) is 53.8 Å². The topological polar surface area (TPSA) is 64.0 Å². The van der Waals surface area contributed by atoms with E-state index >= 15 is 0 Å². The maximum absolute atomic E-state index is 11.8. The number of ether oxygens (including phenoxy) is 2. The van der Waals surface area contributed by atoms with Crippen molar-refractivity contribution in [3.8, 4) is 0 Å². The second-order valence-corrected chi connectivity index (χ2v) is 6.42. The molecule has 0 aliphatic carbocycles. The Balaban J connectivity index is 1.82. The van der Waals surface area contributed by atoms with Crippen molar-refractivity contribution in [1.82, 2.24) is 9.88 Å². The predicted octanol–water partition coefficient (Wildman–Crippen LogP) is 3.20. The molecule has 126 valence electrons. The van der Waals surface area contributed by atoms with Crippen LogP contribution in [0.5, 0.6) is 0 Å². The largest absolute Gasteiger partial charge is 0.448 e. The van der Waals surface area contributed by atoms with Crippen LogP contribution in [0.3, 0.4) is 0 Å². The quantitative estimate of drug-likeness (QED) is 0.551. The summed E-state index contributed by atoms with van der Waals surface area (Å²) in [6.07, 6.45) is 2.84. The van der Waals surface area contributed by atoms with Gasteiger partial charge in [-0.25, -0.2) is 9.78 Å². The average molecular weight is 358 g/mol. The number of hydrogen-bond donors (Lipinski definition) is 0. The van der Waals surface area contributed by atoms with Gasteiger partial charge in [0.05, 0.1) is 6.61 Å². The minimum Gasteiger partial charge on any atom is -0.448 e. The molecule has 0 radical (unpaired) electrons. The van der Waals surface area contributed by atoms with Crippen LogP contribution in [0.1, 0.15) is 18.4 Å². The highest BCUT2D eigenvalue weighted by molar-refractivity contribution is 8.14. The molecule has 0 saturated carbocycles. The zero-order valence-electron chi connectivity index (χ0n) is 13.0. The van der Waals surface area contributed by atoms with Crippen LogP contribution in [0.25, 0.3) is 0 Å². The molecule has 2 heterocycles. The molecular weight excluding hydrogens is 338 g/mol. The van der Waals surface area contributed by atoms with Gasteiger partial charge in [-0.2, -0.15) is 4.99 Å². The summed E-state index contributed by atoms with van der Waals surface area (Å²) in [5.74, 6) is 0.904. The molecule has 0 aromatic carbocycles. The highest BCUT2D eigenvalue weighted by Crippen LogP contribution is 2.21. The summed E-state index contributed by atoms with van der Waals surface area (Å²) in [7, 11) is 1.65. The molecule has 1 aromatic heterocycles. The average Bonchev–Trinajstić information content (AvgIpc) is 2.96. The summed E-state index contributed by atoms with van der Waals surface area (Å²) in [4.78, 5) is 21.9. The first-order chi connectivity index (χ1) is 11.2. The number of rotatable bonds is 7. The van der Waals surface area contributed by atoms with Gasteiger partial charge in [-0.05, 0) is 24.5 Å². The lowest BCUT2D eigenvalue weighted by Crippen LogP contribution is -2.24. The molecule has 1 fully saturated rings. The molecule has 0 N–H and O–H groups in total. The van der Waals surface area contributed by atoms with Gasteiger partial charge in [-0.3, -0.25) is 0 Å². The highest BCUT2D eigenvalue weighted by atomic mass is 35.5. The molecule has 0 atom stereocenters. The Bertz CT molecular complexity index is 539. The molecule has 0 bridgehead atoms. The summed E-state index contributed by atoms with van der Waals surface area (Å²) < 4.78 is 10.1. The number of pyridine rings is 1. The number of carbonyl (C=O) groups is 1. The van der Waals surface area contributed by atoms with Gasteiger partial charge in [0.15, 0.2) is 5.17 Å². The van der Waals surface area contributed by atoms with E-state index in [2.05, 4.69) is 9.98 Å². The number of thioether (sulfide) groups is 1. The lowest BCUT2D eigenvalue weighted by Gasteiger charge is -2.17. The van der Waals surface area contributed by atoms with Crippen molar-refractivity contribution in [1.29, 1.82) is 0 Å². The van der Waals surface area contributed by atoms with E-state index in [1.54, 1.807) is 31.1 Å². The number of unbranched alkanes of at least 4 members (excludes halogenated alkanes) is 1. The Hall–Kier alpha value is -1.31. The molecule has 0 spiro atoms. The third-order valence-corrected chi connectivity index (χ3v) is 4.40. The Labute approximate surface area is 145 Å². The van der Waals surface area contributed by atoms with E-state index in [1.165, 1.54) is 0 Å². The summed E-state index contributed by atoms with van der Waals surface area (Å²) in [5.41, 5.74) is 1.03.